The smallest absolute Gasteiger partial charge is 0.241 e. The van der Waals surface area contributed by atoms with Crippen molar-refractivity contribution in [1.82, 2.24) is 20.0 Å². The molecule has 0 radical (unpaired) electrons. The van der Waals surface area contributed by atoms with Crippen molar-refractivity contribution < 1.29 is 23.5 Å². The summed E-state index contributed by atoms with van der Waals surface area (Å²) in [4.78, 5) is 11.2. The van der Waals surface area contributed by atoms with Gasteiger partial charge in [0.2, 0.25) is 17.5 Å². The Hall–Kier alpha value is -3.17. The predicted octanol–water partition coefficient (Wildman–Crippen LogP) is 3.34. The first-order valence-corrected chi connectivity index (χ1v) is 10.6. The average molecular weight is 441 g/mol. The molecule has 0 saturated carbocycles. The van der Waals surface area contributed by atoms with E-state index < -0.39 is 0 Å². The first kappa shape index (κ1) is 22.0. The normalized spacial score (nSPS) is 16.7. The molecule has 4 rings (SSSR count). The van der Waals surface area contributed by atoms with Gasteiger partial charge in [0.05, 0.1) is 51.8 Å². The number of hydrogen-bond acceptors (Lipinski definition) is 9. The monoisotopic (exact) mass is 440 g/mol. The molecule has 3 aromatic rings. The van der Waals surface area contributed by atoms with Gasteiger partial charge in [-0.3, -0.25) is 9.88 Å². The van der Waals surface area contributed by atoms with E-state index in [1.807, 2.05) is 24.3 Å². The summed E-state index contributed by atoms with van der Waals surface area (Å²) < 4.78 is 27.9. The number of nitrogens with zero attached hydrogens (tertiary/aromatic N) is 4. The lowest BCUT2D eigenvalue weighted by Gasteiger charge is -2.31. The maximum absolute atomic E-state index is 6.08. The molecule has 0 amide bonds. The largest absolute Gasteiger partial charge is 0.493 e. The third-order valence-electron chi connectivity index (χ3n) is 5.43. The van der Waals surface area contributed by atoms with Crippen LogP contribution in [0.3, 0.4) is 0 Å². The van der Waals surface area contributed by atoms with Crippen LogP contribution in [0.2, 0.25) is 0 Å². The van der Waals surface area contributed by atoms with Crippen molar-refractivity contribution in [1.29, 1.82) is 0 Å². The molecule has 2 aromatic heterocycles. The van der Waals surface area contributed by atoms with Crippen LogP contribution in [0.25, 0.3) is 11.4 Å². The number of benzene rings is 1. The molecule has 32 heavy (non-hydrogen) atoms. The van der Waals surface area contributed by atoms with Crippen molar-refractivity contribution in [3.63, 3.8) is 0 Å². The zero-order valence-electron chi connectivity index (χ0n) is 18.6. The molecule has 1 aliphatic rings. The molecule has 9 heteroatoms. The Morgan fingerprint density at radius 2 is 1.94 bits per heavy atom. The average Bonchev–Trinajstić information content (AvgIpc) is 3.30. The topological polar surface area (TPSA) is 92.0 Å². The van der Waals surface area contributed by atoms with Gasteiger partial charge in [0.1, 0.15) is 0 Å². The van der Waals surface area contributed by atoms with Gasteiger partial charge in [-0.1, -0.05) is 11.2 Å². The van der Waals surface area contributed by atoms with E-state index in [0.29, 0.717) is 47.7 Å². The van der Waals surface area contributed by atoms with Gasteiger partial charge >= 0.3 is 0 Å². The minimum atomic E-state index is 0.152. The van der Waals surface area contributed by atoms with Gasteiger partial charge in [0, 0.05) is 12.7 Å². The lowest BCUT2D eigenvalue weighted by Crippen LogP contribution is -2.39. The van der Waals surface area contributed by atoms with Crippen LogP contribution < -0.4 is 14.2 Å². The Labute approximate surface area is 187 Å². The van der Waals surface area contributed by atoms with Crippen LogP contribution in [-0.2, 0) is 17.9 Å². The van der Waals surface area contributed by atoms with E-state index in [0.717, 1.165) is 31.6 Å². The Bertz CT molecular complexity index is 1010. The quantitative estimate of drug-likeness (QED) is 0.497. The molecule has 1 atom stereocenters. The molecule has 1 aliphatic heterocycles. The van der Waals surface area contributed by atoms with E-state index in [-0.39, 0.29) is 6.10 Å². The van der Waals surface area contributed by atoms with E-state index in [9.17, 15) is 0 Å². The molecular formula is C23H28N4O5. The predicted molar refractivity (Wildman–Crippen MR) is 117 cm³/mol. The van der Waals surface area contributed by atoms with Crippen LogP contribution in [0.5, 0.6) is 17.2 Å². The van der Waals surface area contributed by atoms with Gasteiger partial charge in [-0.05, 0) is 43.7 Å². The van der Waals surface area contributed by atoms with E-state index in [2.05, 4.69) is 20.0 Å². The van der Waals surface area contributed by atoms with Gasteiger partial charge in [0.25, 0.3) is 0 Å². The first-order chi connectivity index (χ1) is 15.7. The molecule has 1 aromatic carbocycles. The van der Waals surface area contributed by atoms with Gasteiger partial charge in [-0.25, -0.2) is 0 Å². The van der Waals surface area contributed by atoms with Crippen LogP contribution >= 0.6 is 0 Å². The highest BCUT2D eigenvalue weighted by Gasteiger charge is 2.24. The number of rotatable bonds is 9. The number of hydrogen-bond donors (Lipinski definition) is 0. The Morgan fingerprint density at radius 1 is 1.06 bits per heavy atom. The van der Waals surface area contributed by atoms with Crippen molar-refractivity contribution in [2.75, 3.05) is 34.4 Å². The summed E-state index contributed by atoms with van der Waals surface area (Å²) in [5.41, 5.74) is 1.62. The van der Waals surface area contributed by atoms with Gasteiger partial charge in [-0.15, -0.1) is 0 Å². The molecule has 3 heterocycles. The maximum Gasteiger partial charge on any atom is 0.241 e. The second kappa shape index (κ2) is 10.4. The molecule has 0 aliphatic carbocycles. The van der Waals surface area contributed by atoms with Crippen molar-refractivity contribution in [2.45, 2.75) is 32.1 Å². The Balaban J connectivity index is 1.41. The third kappa shape index (κ3) is 5.00. The van der Waals surface area contributed by atoms with E-state index in [4.69, 9.17) is 23.5 Å². The zero-order chi connectivity index (χ0) is 22.3. The van der Waals surface area contributed by atoms with Gasteiger partial charge < -0.3 is 23.5 Å². The standard InChI is InChI=1S/C23H28N4O5/c1-28-19-10-9-18(21(29-2)22(19)30-3)23-25-20(32-26-23)14-27-12-6-8-17(13-27)31-15-16-7-4-5-11-24-16/h4-5,7,9-11,17H,6,8,12-15H2,1-3H3/t17-/m0/s1. The van der Waals surface area contributed by atoms with Crippen LogP contribution in [0.4, 0.5) is 0 Å². The van der Waals surface area contributed by atoms with Crippen LogP contribution in [0.15, 0.2) is 41.1 Å². The summed E-state index contributed by atoms with van der Waals surface area (Å²) in [6.45, 7) is 2.85. The SMILES string of the molecule is COc1ccc(-c2noc(CN3CCC[C@H](OCc4ccccn4)C3)n2)c(OC)c1OC. The summed E-state index contributed by atoms with van der Waals surface area (Å²) in [6, 6.07) is 9.47. The molecule has 0 spiro atoms. The number of aromatic nitrogens is 3. The number of ether oxygens (including phenoxy) is 4. The van der Waals surface area contributed by atoms with E-state index >= 15 is 0 Å². The third-order valence-corrected chi connectivity index (χ3v) is 5.43. The number of piperidine rings is 1. The molecule has 0 N–H and O–H groups in total. The summed E-state index contributed by atoms with van der Waals surface area (Å²) in [5.74, 6) is 2.55. The summed E-state index contributed by atoms with van der Waals surface area (Å²) in [7, 11) is 4.71. The zero-order valence-corrected chi connectivity index (χ0v) is 18.6. The summed E-state index contributed by atoms with van der Waals surface area (Å²) >= 11 is 0. The highest BCUT2D eigenvalue weighted by molar-refractivity contribution is 5.71. The number of pyridine rings is 1. The molecule has 0 bridgehead atoms. The minimum absolute atomic E-state index is 0.152. The van der Waals surface area contributed by atoms with Gasteiger partial charge in [-0.2, -0.15) is 4.98 Å². The van der Waals surface area contributed by atoms with Crippen LogP contribution in [-0.4, -0.2) is 60.5 Å². The fourth-order valence-electron chi connectivity index (χ4n) is 3.88. The molecule has 170 valence electrons. The highest BCUT2D eigenvalue weighted by Crippen LogP contribution is 2.43. The lowest BCUT2D eigenvalue weighted by molar-refractivity contribution is -0.0153. The van der Waals surface area contributed by atoms with E-state index in [1.54, 1.807) is 33.6 Å². The second-order valence-corrected chi connectivity index (χ2v) is 7.53. The fourth-order valence-corrected chi connectivity index (χ4v) is 3.88. The fraction of sp³-hybridized carbons (Fsp3) is 0.435. The first-order valence-electron chi connectivity index (χ1n) is 10.6. The summed E-state index contributed by atoms with van der Waals surface area (Å²) in [6.07, 6.45) is 4.02. The molecule has 1 fully saturated rings. The molecular weight excluding hydrogens is 412 g/mol. The van der Waals surface area contributed by atoms with Crippen molar-refractivity contribution >= 4 is 0 Å². The van der Waals surface area contributed by atoms with Crippen molar-refractivity contribution in [2.24, 2.45) is 0 Å². The highest BCUT2D eigenvalue weighted by atomic mass is 16.5. The Morgan fingerprint density at radius 3 is 2.69 bits per heavy atom. The van der Waals surface area contributed by atoms with Crippen molar-refractivity contribution in [3.8, 4) is 28.6 Å². The Kier molecular flexibility index (Phi) is 7.18. The minimum Gasteiger partial charge on any atom is -0.493 e. The number of methoxy groups -OCH3 is 3. The van der Waals surface area contributed by atoms with Crippen LogP contribution in [0.1, 0.15) is 24.4 Å². The molecule has 0 unspecified atom stereocenters. The second-order valence-electron chi connectivity index (χ2n) is 7.53. The van der Waals surface area contributed by atoms with Gasteiger partial charge in [0.15, 0.2) is 11.5 Å². The van der Waals surface area contributed by atoms with E-state index in [1.165, 1.54) is 0 Å². The summed E-state index contributed by atoms with van der Waals surface area (Å²) in [5, 5.41) is 4.16. The van der Waals surface area contributed by atoms with Crippen LogP contribution in [0, 0.1) is 0 Å². The molecule has 1 saturated heterocycles. The maximum atomic E-state index is 6.08. The van der Waals surface area contributed by atoms with Crippen molar-refractivity contribution in [3.05, 3.63) is 48.1 Å². The lowest BCUT2D eigenvalue weighted by atomic mass is 10.1. The molecule has 9 nitrogen and oxygen atoms in total. The number of likely N-dealkylation sites (tertiary alicyclic amines) is 1.